The van der Waals surface area contributed by atoms with E-state index in [4.69, 9.17) is 0 Å². The van der Waals surface area contributed by atoms with E-state index in [-0.39, 0.29) is 0 Å². The van der Waals surface area contributed by atoms with Gasteiger partial charge in [0.1, 0.15) is 0 Å². The predicted molar refractivity (Wildman–Crippen MR) is 80.9 cm³/mol. The first kappa shape index (κ1) is 13.2. The first-order valence-electron chi connectivity index (χ1n) is 7.45. The Kier molecular flexibility index (Phi) is 3.72. The second kappa shape index (κ2) is 5.65. The maximum Gasteiger partial charge on any atom is 0.153 e. The van der Waals surface area contributed by atoms with Crippen molar-refractivity contribution in [2.24, 2.45) is 11.8 Å². The highest BCUT2D eigenvalue weighted by Gasteiger charge is 2.25. The van der Waals surface area contributed by atoms with Gasteiger partial charge in [0, 0.05) is 18.4 Å². The van der Waals surface area contributed by atoms with E-state index in [0.717, 1.165) is 23.3 Å². The summed E-state index contributed by atoms with van der Waals surface area (Å²) in [6.07, 6.45) is 9.46. The molecule has 1 aliphatic carbocycles. The van der Waals surface area contributed by atoms with Gasteiger partial charge in [-0.1, -0.05) is 13.8 Å². The quantitative estimate of drug-likeness (QED) is 0.928. The molecule has 4 nitrogen and oxygen atoms in total. The fraction of sp³-hybridized carbons (Fsp3) is 0.500. The summed E-state index contributed by atoms with van der Waals surface area (Å²) in [6, 6.07) is 6.57. The zero-order valence-electron chi connectivity index (χ0n) is 12.2. The highest BCUT2D eigenvalue weighted by Crippen LogP contribution is 2.30. The number of nitrogens with one attached hydrogen (secondary N) is 1. The lowest BCUT2D eigenvalue weighted by Gasteiger charge is -2.33. The molecule has 2 aromatic heterocycles. The maximum atomic E-state index is 4.46. The van der Waals surface area contributed by atoms with Crippen molar-refractivity contribution in [3.8, 4) is 5.82 Å². The highest BCUT2D eigenvalue weighted by molar-refractivity contribution is 5.44. The van der Waals surface area contributed by atoms with Gasteiger partial charge in [-0.15, -0.1) is 0 Å². The summed E-state index contributed by atoms with van der Waals surface area (Å²) >= 11 is 0. The number of hydrogen-bond donors (Lipinski definition) is 1. The molecule has 106 valence electrons. The van der Waals surface area contributed by atoms with Crippen LogP contribution in [-0.4, -0.2) is 20.8 Å². The molecule has 0 amide bonds. The summed E-state index contributed by atoms with van der Waals surface area (Å²) < 4.78 is 1.77. The van der Waals surface area contributed by atoms with Crippen LogP contribution < -0.4 is 5.32 Å². The van der Waals surface area contributed by atoms with Crippen LogP contribution in [0.25, 0.3) is 5.82 Å². The number of pyridine rings is 1. The molecule has 0 aliphatic heterocycles. The molecule has 1 N–H and O–H groups in total. The van der Waals surface area contributed by atoms with Crippen LogP contribution in [0.15, 0.2) is 36.8 Å². The normalized spacial score (nSPS) is 26.4. The van der Waals surface area contributed by atoms with E-state index in [9.17, 15) is 0 Å². The zero-order chi connectivity index (χ0) is 13.9. The molecule has 3 rings (SSSR count). The third-order valence-corrected chi connectivity index (χ3v) is 4.27. The van der Waals surface area contributed by atoms with Crippen molar-refractivity contribution in [3.63, 3.8) is 0 Å². The summed E-state index contributed by atoms with van der Waals surface area (Å²) in [5, 5.41) is 7.82. The number of nitrogens with zero attached hydrogens (tertiary/aromatic N) is 3. The van der Waals surface area contributed by atoms with Gasteiger partial charge in [0.05, 0.1) is 11.9 Å². The molecule has 3 unspecified atom stereocenters. The first-order chi connectivity index (χ1) is 9.72. The Morgan fingerprint density at radius 2 is 2.15 bits per heavy atom. The Morgan fingerprint density at radius 1 is 1.25 bits per heavy atom. The monoisotopic (exact) mass is 270 g/mol. The summed E-state index contributed by atoms with van der Waals surface area (Å²) in [7, 11) is 0. The molecule has 0 radical (unpaired) electrons. The highest BCUT2D eigenvalue weighted by atomic mass is 15.3. The van der Waals surface area contributed by atoms with Gasteiger partial charge in [-0.3, -0.25) is 0 Å². The number of rotatable bonds is 3. The minimum atomic E-state index is 0.573. The van der Waals surface area contributed by atoms with Crippen molar-refractivity contribution in [1.29, 1.82) is 0 Å². The second-order valence-electron chi connectivity index (χ2n) is 6.00. The van der Waals surface area contributed by atoms with Gasteiger partial charge >= 0.3 is 0 Å². The van der Waals surface area contributed by atoms with Crippen molar-refractivity contribution in [2.45, 2.75) is 39.2 Å². The Bertz CT molecular complexity index is 532. The van der Waals surface area contributed by atoms with Crippen molar-refractivity contribution in [2.75, 3.05) is 5.32 Å². The third kappa shape index (κ3) is 2.84. The van der Waals surface area contributed by atoms with Gasteiger partial charge in [-0.2, -0.15) is 5.10 Å². The number of anilines is 1. The fourth-order valence-electron chi connectivity index (χ4n) is 3.11. The summed E-state index contributed by atoms with van der Waals surface area (Å²) in [5.74, 6) is 2.44. The lowest BCUT2D eigenvalue weighted by atomic mass is 9.80. The fourth-order valence-corrected chi connectivity index (χ4v) is 3.11. The van der Waals surface area contributed by atoms with E-state index in [1.807, 2.05) is 24.5 Å². The van der Waals surface area contributed by atoms with Gasteiger partial charge in [0.2, 0.25) is 0 Å². The van der Waals surface area contributed by atoms with Crippen LogP contribution in [-0.2, 0) is 0 Å². The summed E-state index contributed by atoms with van der Waals surface area (Å²) in [5.41, 5.74) is 1.10. The Morgan fingerprint density at radius 3 is 2.80 bits per heavy atom. The number of hydrogen-bond acceptors (Lipinski definition) is 3. The average molecular weight is 270 g/mol. The third-order valence-electron chi connectivity index (χ3n) is 4.27. The molecule has 3 atom stereocenters. The molecule has 2 aromatic rings. The van der Waals surface area contributed by atoms with Gasteiger partial charge in [0.15, 0.2) is 5.82 Å². The molecule has 0 saturated heterocycles. The minimum Gasteiger partial charge on any atom is -0.381 e. The lowest BCUT2D eigenvalue weighted by molar-refractivity contribution is 0.276. The van der Waals surface area contributed by atoms with Crippen molar-refractivity contribution in [1.82, 2.24) is 14.8 Å². The molecule has 0 aromatic carbocycles. The first-order valence-corrected chi connectivity index (χ1v) is 7.45. The predicted octanol–water partition coefficient (Wildman–Crippen LogP) is 3.50. The van der Waals surface area contributed by atoms with E-state index in [2.05, 4.69) is 35.3 Å². The second-order valence-corrected chi connectivity index (χ2v) is 6.00. The average Bonchev–Trinajstić information content (AvgIpc) is 2.97. The molecule has 0 spiro atoms. The molecule has 1 saturated carbocycles. The van der Waals surface area contributed by atoms with Crippen LogP contribution >= 0.6 is 0 Å². The van der Waals surface area contributed by atoms with Crippen LogP contribution in [0.2, 0.25) is 0 Å². The van der Waals surface area contributed by atoms with E-state index < -0.39 is 0 Å². The Hall–Kier alpha value is -1.84. The SMILES string of the molecule is CC1CCC(Nc2ccc(-n3cccn3)nc2)C(C)C1. The zero-order valence-corrected chi connectivity index (χ0v) is 12.2. The summed E-state index contributed by atoms with van der Waals surface area (Å²) in [4.78, 5) is 4.46. The molecular weight excluding hydrogens is 248 g/mol. The molecule has 1 aliphatic rings. The van der Waals surface area contributed by atoms with Crippen LogP contribution in [0.1, 0.15) is 33.1 Å². The van der Waals surface area contributed by atoms with Crippen LogP contribution in [0, 0.1) is 11.8 Å². The van der Waals surface area contributed by atoms with Gasteiger partial charge < -0.3 is 5.32 Å². The maximum absolute atomic E-state index is 4.46. The van der Waals surface area contributed by atoms with Crippen LogP contribution in [0.4, 0.5) is 5.69 Å². The molecule has 1 fully saturated rings. The summed E-state index contributed by atoms with van der Waals surface area (Å²) in [6.45, 7) is 4.70. The largest absolute Gasteiger partial charge is 0.381 e. The van der Waals surface area contributed by atoms with E-state index in [1.54, 1.807) is 10.9 Å². The van der Waals surface area contributed by atoms with Gasteiger partial charge in [0.25, 0.3) is 0 Å². The van der Waals surface area contributed by atoms with Crippen LogP contribution in [0.5, 0.6) is 0 Å². The van der Waals surface area contributed by atoms with Crippen LogP contribution in [0.3, 0.4) is 0 Å². The minimum absolute atomic E-state index is 0.573. The Labute approximate surface area is 120 Å². The Balaban J connectivity index is 1.66. The van der Waals surface area contributed by atoms with E-state index in [1.165, 1.54) is 19.3 Å². The van der Waals surface area contributed by atoms with Crippen molar-refractivity contribution in [3.05, 3.63) is 36.8 Å². The number of aromatic nitrogens is 3. The standard InChI is InChI=1S/C16H22N4/c1-12-4-6-15(13(2)10-12)19-14-5-7-16(17-11-14)20-9-3-8-18-20/h3,5,7-9,11-13,15,19H,4,6,10H2,1-2H3. The molecule has 0 bridgehead atoms. The molecule has 2 heterocycles. The smallest absolute Gasteiger partial charge is 0.153 e. The van der Waals surface area contributed by atoms with Crippen molar-refractivity contribution >= 4 is 5.69 Å². The van der Waals surface area contributed by atoms with E-state index >= 15 is 0 Å². The van der Waals surface area contributed by atoms with Gasteiger partial charge in [-0.05, 0) is 49.3 Å². The molecule has 20 heavy (non-hydrogen) atoms. The van der Waals surface area contributed by atoms with Crippen molar-refractivity contribution < 1.29 is 0 Å². The lowest BCUT2D eigenvalue weighted by Crippen LogP contribution is -2.33. The van der Waals surface area contributed by atoms with E-state index in [0.29, 0.717) is 6.04 Å². The molecule has 4 heteroatoms. The topological polar surface area (TPSA) is 42.7 Å². The molecular formula is C16H22N4. The van der Waals surface area contributed by atoms with Gasteiger partial charge in [-0.25, -0.2) is 9.67 Å².